The number of rotatable bonds is 3. The van der Waals surface area contributed by atoms with E-state index in [-0.39, 0.29) is 22.8 Å². The number of nitro benzene ring substituents is 1. The zero-order valence-corrected chi connectivity index (χ0v) is 10.3. The van der Waals surface area contributed by atoms with Crippen LogP contribution in [0.3, 0.4) is 0 Å². The van der Waals surface area contributed by atoms with E-state index in [0.717, 1.165) is 0 Å². The van der Waals surface area contributed by atoms with Crippen LogP contribution in [0.1, 0.15) is 11.4 Å². The van der Waals surface area contributed by atoms with Crippen molar-refractivity contribution in [3.63, 3.8) is 0 Å². The topological polar surface area (TPSA) is 118 Å². The molecule has 0 spiro atoms. The number of nitrogens with zero attached hydrogens (tertiary/aromatic N) is 5. The quantitative estimate of drug-likeness (QED) is 0.615. The van der Waals surface area contributed by atoms with E-state index in [4.69, 9.17) is 15.3 Å². The van der Waals surface area contributed by atoms with Crippen molar-refractivity contribution >= 4 is 5.69 Å². The van der Waals surface area contributed by atoms with Gasteiger partial charge >= 0.3 is 5.69 Å². The summed E-state index contributed by atoms with van der Waals surface area (Å²) < 4.78 is 6.32. The Kier molecular flexibility index (Phi) is 3.32. The molecule has 8 nitrogen and oxygen atoms in total. The van der Waals surface area contributed by atoms with E-state index in [2.05, 4.69) is 4.98 Å². The minimum Gasteiger partial charge on any atom is -0.490 e. The standard InChI is InChI=1S/C12H7N5O3/c1-20-12-4-8(2-3-10(12)17(18)19)16-7-15-9(5-13)11(16)6-14/h2-4,7H,1H3. The summed E-state index contributed by atoms with van der Waals surface area (Å²) in [5.41, 5.74) is 0.307. The van der Waals surface area contributed by atoms with Gasteiger partial charge in [-0.05, 0) is 6.07 Å². The van der Waals surface area contributed by atoms with Crippen LogP contribution in [0.2, 0.25) is 0 Å². The minimum absolute atomic E-state index is 0.00943. The van der Waals surface area contributed by atoms with Gasteiger partial charge in [0.25, 0.3) is 0 Å². The summed E-state index contributed by atoms with van der Waals surface area (Å²) >= 11 is 0. The predicted octanol–water partition coefficient (Wildman–Crippen LogP) is 1.53. The van der Waals surface area contributed by atoms with Crippen LogP contribution in [-0.2, 0) is 0 Å². The molecule has 0 bridgehead atoms. The molecule has 1 heterocycles. The van der Waals surface area contributed by atoms with E-state index in [1.165, 1.54) is 36.2 Å². The number of methoxy groups -OCH3 is 1. The van der Waals surface area contributed by atoms with Gasteiger partial charge in [-0.15, -0.1) is 0 Å². The average molecular weight is 269 g/mol. The normalized spacial score (nSPS) is 9.55. The second-order valence-electron chi connectivity index (χ2n) is 3.65. The van der Waals surface area contributed by atoms with Gasteiger partial charge in [0, 0.05) is 12.1 Å². The minimum atomic E-state index is -0.567. The van der Waals surface area contributed by atoms with E-state index in [9.17, 15) is 10.1 Å². The molecule has 0 aliphatic rings. The summed E-state index contributed by atoms with van der Waals surface area (Å²) in [6.45, 7) is 0. The Hall–Kier alpha value is -3.39. The molecule has 0 saturated carbocycles. The van der Waals surface area contributed by atoms with Gasteiger partial charge < -0.3 is 4.74 Å². The van der Waals surface area contributed by atoms with Crippen molar-refractivity contribution in [1.82, 2.24) is 9.55 Å². The molecule has 1 aromatic carbocycles. The molecule has 0 radical (unpaired) electrons. The second-order valence-corrected chi connectivity index (χ2v) is 3.65. The Morgan fingerprint density at radius 3 is 2.70 bits per heavy atom. The maximum Gasteiger partial charge on any atom is 0.311 e. The molecule has 2 rings (SSSR count). The summed E-state index contributed by atoms with van der Waals surface area (Å²) in [7, 11) is 1.31. The van der Waals surface area contributed by atoms with Gasteiger partial charge in [0.2, 0.25) is 0 Å². The molecule has 0 amide bonds. The number of hydrogen-bond acceptors (Lipinski definition) is 6. The van der Waals surface area contributed by atoms with E-state index in [1.807, 2.05) is 6.07 Å². The van der Waals surface area contributed by atoms with E-state index in [1.54, 1.807) is 6.07 Å². The number of benzene rings is 1. The van der Waals surface area contributed by atoms with Crippen molar-refractivity contribution in [2.24, 2.45) is 0 Å². The Morgan fingerprint density at radius 2 is 2.15 bits per heavy atom. The summed E-state index contributed by atoms with van der Waals surface area (Å²) in [5, 5.41) is 28.7. The van der Waals surface area contributed by atoms with Gasteiger partial charge in [0.15, 0.2) is 17.1 Å². The highest BCUT2D eigenvalue weighted by Gasteiger charge is 2.17. The van der Waals surface area contributed by atoms with Crippen molar-refractivity contribution in [2.45, 2.75) is 0 Å². The first-order valence-corrected chi connectivity index (χ1v) is 5.32. The fourth-order valence-corrected chi connectivity index (χ4v) is 1.70. The highest BCUT2D eigenvalue weighted by molar-refractivity contribution is 5.55. The molecule has 2 aromatic rings. The van der Waals surface area contributed by atoms with Crippen LogP contribution in [0.5, 0.6) is 5.75 Å². The average Bonchev–Trinajstić information content (AvgIpc) is 2.89. The molecule has 0 unspecified atom stereocenters. The van der Waals surface area contributed by atoms with Crippen molar-refractivity contribution in [3.8, 4) is 23.6 Å². The molecule has 0 saturated heterocycles. The summed E-state index contributed by atoms with van der Waals surface area (Å²) in [5.74, 6) is 0.0589. The molecule has 0 aliphatic heterocycles. The van der Waals surface area contributed by atoms with Crippen molar-refractivity contribution < 1.29 is 9.66 Å². The molecule has 20 heavy (non-hydrogen) atoms. The third-order valence-electron chi connectivity index (χ3n) is 2.62. The lowest BCUT2D eigenvalue weighted by Crippen LogP contribution is -1.99. The predicted molar refractivity (Wildman–Crippen MR) is 66.2 cm³/mol. The highest BCUT2D eigenvalue weighted by Crippen LogP contribution is 2.29. The largest absolute Gasteiger partial charge is 0.490 e. The number of nitro groups is 1. The lowest BCUT2D eigenvalue weighted by molar-refractivity contribution is -0.385. The van der Waals surface area contributed by atoms with Gasteiger partial charge in [0.1, 0.15) is 18.5 Å². The van der Waals surface area contributed by atoms with E-state index in [0.29, 0.717) is 5.69 Å². The lowest BCUT2D eigenvalue weighted by Gasteiger charge is -2.06. The van der Waals surface area contributed by atoms with Crippen molar-refractivity contribution in [1.29, 1.82) is 10.5 Å². The number of nitriles is 2. The van der Waals surface area contributed by atoms with Gasteiger partial charge in [-0.1, -0.05) is 0 Å². The Morgan fingerprint density at radius 1 is 1.40 bits per heavy atom. The highest BCUT2D eigenvalue weighted by atomic mass is 16.6. The van der Waals surface area contributed by atoms with E-state index < -0.39 is 4.92 Å². The van der Waals surface area contributed by atoms with Crippen LogP contribution in [0.4, 0.5) is 5.69 Å². The molecule has 98 valence electrons. The van der Waals surface area contributed by atoms with Crippen LogP contribution in [0.15, 0.2) is 24.5 Å². The number of ether oxygens (including phenoxy) is 1. The first-order chi connectivity index (χ1) is 9.62. The van der Waals surface area contributed by atoms with Crippen LogP contribution >= 0.6 is 0 Å². The number of imidazole rings is 1. The van der Waals surface area contributed by atoms with E-state index >= 15 is 0 Å². The second kappa shape index (κ2) is 5.08. The van der Waals surface area contributed by atoms with Crippen molar-refractivity contribution in [2.75, 3.05) is 7.11 Å². The summed E-state index contributed by atoms with van der Waals surface area (Å²) in [6.07, 6.45) is 1.30. The third-order valence-corrected chi connectivity index (χ3v) is 2.62. The lowest BCUT2D eigenvalue weighted by atomic mass is 10.2. The third kappa shape index (κ3) is 2.02. The summed E-state index contributed by atoms with van der Waals surface area (Å²) in [4.78, 5) is 14.0. The molecule has 0 fully saturated rings. The van der Waals surface area contributed by atoms with Gasteiger partial charge in [-0.3, -0.25) is 14.7 Å². The first-order valence-electron chi connectivity index (χ1n) is 5.32. The molecule has 0 atom stereocenters. The maximum atomic E-state index is 10.8. The first kappa shape index (κ1) is 13.1. The van der Waals surface area contributed by atoms with Gasteiger partial charge in [0.05, 0.1) is 17.7 Å². The Balaban J connectivity index is 2.61. The maximum absolute atomic E-state index is 10.8. The van der Waals surface area contributed by atoms with Gasteiger partial charge in [-0.2, -0.15) is 10.5 Å². The molecule has 0 aliphatic carbocycles. The fraction of sp³-hybridized carbons (Fsp3) is 0.0833. The number of aromatic nitrogens is 2. The molecule has 0 N–H and O–H groups in total. The zero-order chi connectivity index (χ0) is 14.7. The molecule has 8 heteroatoms. The van der Waals surface area contributed by atoms with Crippen LogP contribution in [0.25, 0.3) is 5.69 Å². The van der Waals surface area contributed by atoms with Crippen LogP contribution in [-0.4, -0.2) is 21.6 Å². The molecule has 1 aromatic heterocycles. The Bertz CT molecular complexity index is 766. The fourth-order valence-electron chi connectivity index (χ4n) is 1.70. The smallest absolute Gasteiger partial charge is 0.311 e. The van der Waals surface area contributed by atoms with Crippen molar-refractivity contribution in [3.05, 3.63) is 46.0 Å². The SMILES string of the molecule is COc1cc(-n2cnc(C#N)c2C#N)ccc1[N+](=O)[O-]. The number of hydrogen-bond donors (Lipinski definition) is 0. The summed E-state index contributed by atoms with van der Waals surface area (Å²) in [6, 6.07) is 7.79. The zero-order valence-electron chi connectivity index (χ0n) is 10.3. The molecular formula is C12H7N5O3. The van der Waals surface area contributed by atoms with Crippen LogP contribution in [0, 0.1) is 32.8 Å². The van der Waals surface area contributed by atoms with Gasteiger partial charge in [-0.25, -0.2) is 4.98 Å². The monoisotopic (exact) mass is 269 g/mol. The molecular weight excluding hydrogens is 262 g/mol. The van der Waals surface area contributed by atoms with Crippen LogP contribution < -0.4 is 4.74 Å². The Labute approximate surface area is 113 Å².